The van der Waals surface area contributed by atoms with Gasteiger partial charge in [0.15, 0.2) is 5.17 Å². The van der Waals surface area contributed by atoms with Crippen molar-refractivity contribution in [3.05, 3.63) is 70.9 Å². The number of amides is 1. The van der Waals surface area contributed by atoms with E-state index in [1.165, 1.54) is 7.11 Å². The number of ether oxygens (including phenoxy) is 2. The fourth-order valence-corrected chi connectivity index (χ4v) is 5.20. The second-order valence-corrected chi connectivity index (χ2v) is 9.55. The third-order valence-electron chi connectivity index (χ3n) is 6.03. The number of benzene rings is 2. The van der Waals surface area contributed by atoms with Crippen molar-refractivity contribution >= 4 is 34.5 Å². The van der Waals surface area contributed by atoms with E-state index in [1.54, 1.807) is 23.9 Å². The standard InChI is InChI=1S/C27H31N3O4S/c1-4-5-16-34-22-13-9-20(10-14-22)25(31)29-21-11-7-19(8-12-21)24-23(26(32)33-3)18(2)28-27-30(24)15-6-17-35-27/h7-14,24H,4-6,15-17H2,1-3H3,(H,29,31). The highest BCUT2D eigenvalue weighted by molar-refractivity contribution is 8.13. The van der Waals surface area contributed by atoms with Crippen LogP contribution < -0.4 is 10.1 Å². The van der Waals surface area contributed by atoms with Crippen molar-refractivity contribution in [3.63, 3.8) is 0 Å². The van der Waals surface area contributed by atoms with Crippen LogP contribution in [-0.2, 0) is 9.53 Å². The lowest BCUT2D eigenvalue weighted by atomic mass is 9.94. The highest BCUT2D eigenvalue weighted by Crippen LogP contribution is 2.40. The molecule has 0 saturated carbocycles. The van der Waals surface area contributed by atoms with Crippen LogP contribution in [0.15, 0.2) is 64.8 Å². The quantitative estimate of drug-likeness (QED) is 0.391. The van der Waals surface area contributed by atoms with Crippen LogP contribution in [0.5, 0.6) is 5.75 Å². The van der Waals surface area contributed by atoms with Gasteiger partial charge in [0.25, 0.3) is 5.91 Å². The van der Waals surface area contributed by atoms with E-state index in [9.17, 15) is 9.59 Å². The van der Waals surface area contributed by atoms with Crippen LogP contribution in [-0.4, -0.2) is 48.0 Å². The van der Waals surface area contributed by atoms with Crippen LogP contribution in [0.2, 0.25) is 0 Å². The van der Waals surface area contributed by atoms with Crippen molar-refractivity contribution in [3.8, 4) is 5.75 Å². The number of aliphatic imine (C=N–C) groups is 1. The Morgan fingerprint density at radius 3 is 2.57 bits per heavy atom. The molecule has 1 N–H and O–H groups in total. The van der Waals surface area contributed by atoms with Crippen LogP contribution in [0, 0.1) is 0 Å². The summed E-state index contributed by atoms with van der Waals surface area (Å²) in [6.07, 6.45) is 3.09. The molecule has 0 aliphatic carbocycles. The Labute approximate surface area is 210 Å². The lowest BCUT2D eigenvalue weighted by Gasteiger charge is -2.40. The topological polar surface area (TPSA) is 80.2 Å². The van der Waals surface area contributed by atoms with Gasteiger partial charge in [0, 0.05) is 23.5 Å². The van der Waals surface area contributed by atoms with Crippen LogP contribution in [0.4, 0.5) is 5.69 Å². The van der Waals surface area contributed by atoms with Crippen molar-refractivity contribution in [2.24, 2.45) is 4.99 Å². The molecule has 0 aromatic heterocycles. The number of unbranched alkanes of at least 4 members (excludes halogenated alkanes) is 1. The number of amidine groups is 1. The summed E-state index contributed by atoms with van der Waals surface area (Å²) in [5.41, 5.74) is 3.42. The first kappa shape index (κ1) is 24.9. The Hall–Kier alpha value is -3.26. The molecule has 1 unspecified atom stereocenters. The number of nitrogens with one attached hydrogen (secondary N) is 1. The Kier molecular flexibility index (Phi) is 8.13. The molecule has 1 saturated heterocycles. The fraction of sp³-hybridized carbons (Fsp3) is 0.370. The first-order valence-corrected chi connectivity index (χ1v) is 12.9. The number of carbonyl (C=O) groups is 2. The fourth-order valence-electron chi connectivity index (χ4n) is 4.18. The Bertz CT molecular complexity index is 1130. The van der Waals surface area contributed by atoms with Gasteiger partial charge in [0.1, 0.15) is 5.75 Å². The smallest absolute Gasteiger partial charge is 0.338 e. The molecule has 1 atom stereocenters. The number of carbonyl (C=O) groups excluding carboxylic acids is 2. The molecule has 2 aliphatic rings. The maximum atomic E-state index is 12.7. The molecule has 8 heteroatoms. The molecule has 0 spiro atoms. The zero-order chi connectivity index (χ0) is 24.8. The number of thioether (sulfide) groups is 1. The summed E-state index contributed by atoms with van der Waals surface area (Å²) >= 11 is 1.71. The third kappa shape index (κ3) is 5.70. The van der Waals surface area contributed by atoms with Crippen LogP contribution in [0.1, 0.15) is 55.1 Å². The van der Waals surface area contributed by atoms with Crippen molar-refractivity contribution in [1.82, 2.24) is 4.90 Å². The maximum absolute atomic E-state index is 12.7. The van der Waals surface area contributed by atoms with E-state index < -0.39 is 0 Å². The van der Waals surface area contributed by atoms with Gasteiger partial charge in [-0.2, -0.15) is 0 Å². The molecule has 1 amide bonds. The van der Waals surface area contributed by atoms with Crippen molar-refractivity contribution in [1.29, 1.82) is 0 Å². The lowest BCUT2D eigenvalue weighted by Crippen LogP contribution is -2.42. The summed E-state index contributed by atoms with van der Waals surface area (Å²) in [5.74, 6) is 1.21. The summed E-state index contributed by atoms with van der Waals surface area (Å²) in [6, 6.07) is 14.5. The zero-order valence-corrected chi connectivity index (χ0v) is 21.2. The van der Waals surface area contributed by atoms with E-state index in [1.807, 2.05) is 43.3 Å². The van der Waals surface area contributed by atoms with Crippen molar-refractivity contribution in [2.45, 2.75) is 39.2 Å². The molecule has 2 aliphatic heterocycles. The van der Waals surface area contributed by atoms with E-state index in [0.717, 1.165) is 48.0 Å². The average Bonchev–Trinajstić information content (AvgIpc) is 2.88. The number of methoxy groups -OCH3 is 1. The van der Waals surface area contributed by atoms with E-state index >= 15 is 0 Å². The number of esters is 1. The minimum absolute atomic E-state index is 0.191. The van der Waals surface area contributed by atoms with Gasteiger partial charge in [0.05, 0.1) is 31.0 Å². The molecule has 35 heavy (non-hydrogen) atoms. The zero-order valence-electron chi connectivity index (χ0n) is 20.4. The minimum Gasteiger partial charge on any atom is -0.494 e. The largest absolute Gasteiger partial charge is 0.494 e. The van der Waals surface area contributed by atoms with Gasteiger partial charge in [-0.05, 0) is 61.7 Å². The minimum atomic E-state index is -0.370. The lowest BCUT2D eigenvalue weighted by molar-refractivity contribution is -0.136. The molecular weight excluding hydrogens is 462 g/mol. The number of anilines is 1. The van der Waals surface area contributed by atoms with Crippen molar-refractivity contribution in [2.75, 3.05) is 31.3 Å². The van der Waals surface area contributed by atoms with Gasteiger partial charge in [-0.15, -0.1) is 0 Å². The second-order valence-electron chi connectivity index (χ2n) is 8.49. The number of allylic oxidation sites excluding steroid dienone is 1. The monoisotopic (exact) mass is 493 g/mol. The molecular formula is C27H31N3O4S. The summed E-state index contributed by atoms with van der Waals surface area (Å²) < 4.78 is 10.8. The normalized spacial score (nSPS) is 17.4. The molecule has 2 aromatic rings. The van der Waals surface area contributed by atoms with E-state index in [0.29, 0.717) is 29.1 Å². The predicted molar refractivity (Wildman–Crippen MR) is 140 cm³/mol. The molecule has 2 heterocycles. The van der Waals surface area contributed by atoms with E-state index in [2.05, 4.69) is 22.1 Å². The Morgan fingerprint density at radius 2 is 1.89 bits per heavy atom. The van der Waals surface area contributed by atoms with Gasteiger partial charge < -0.3 is 19.7 Å². The molecule has 0 bridgehead atoms. The van der Waals surface area contributed by atoms with E-state index in [4.69, 9.17) is 9.47 Å². The second kappa shape index (κ2) is 11.4. The number of hydrogen-bond acceptors (Lipinski definition) is 7. The number of nitrogens with zero attached hydrogens (tertiary/aromatic N) is 2. The van der Waals surface area contributed by atoms with E-state index in [-0.39, 0.29) is 17.9 Å². The molecule has 0 radical (unpaired) electrons. The van der Waals surface area contributed by atoms with Crippen LogP contribution >= 0.6 is 11.8 Å². The van der Waals surface area contributed by atoms with Gasteiger partial charge in [-0.25, -0.2) is 9.79 Å². The molecule has 2 aromatic carbocycles. The molecule has 1 fully saturated rings. The van der Waals surface area contributed by atoms with Gasteiger partial charge in [0.2, 0.25) is 0 Å². The third-order valence-corrected chi connectivity index (χ3v) is 7.11. The summed E-state index contributed by atoms with van der Waals surface area (Å²) in [5, 5.41) is 3.88. The van der Waals surface area contributed by atoms with Crippen molar-refractivity contribution < 1.29 is 19.1 Å². The molecule has 184 valence electrons. The first-order chi connectivity index (χ1) is 17.0. The average molecular weight is 494 g/mol. The number of fused-ring (bicyclic) bond motifs is 1. The summed E-state index contributed by atoms with van der Waals surface area (Å²) in [4.78, 5) is 32.2. The highest BCUT2D eigenvalue weighted by atomic mass is 32.2. The summed E-state index contributed by atoms with van der Waals surface area (Å²) in [7, 11) is 1.40. The van der Waals surface area contributed by atoms with Crippen LogP contribution in [0.3, 0.4) is 0 Å². The predicted octanol–water partition coefficient (Wildman–Crippen LogP) is 5.41. The number of rotatable bonds is 8. The molecule has 7 nitrogen and oxygen atoms in total. The summed E-state index contributed by atoms with van der Waals surface area (Å²) in [6.45, 7) is 5.46. The van der Waals surface area contributed by atoms with Gasteiger partial charge >= 0.3 is 5.97 Å². The van der Waals surface area contributed by atoms with Crippen LogP contribution in [0.25, 0.3) is 0 Å². The van der Waals surface area contributed by atoms with Gasteiger partial charge in [-0.1, -0.05) is 37.2 Å². The SMILES string of the molecule is CCCCOc1ccc(C(=O)Nc2ccc(C3C(C(=O)OC)=C(C)N=C4SCCCN43)cc2)cc1. The van der Waals surface area contributed by atoms with Gasteiger partial charge in [-0.3, -0.25) is 4.79 Å². The highest BCUT2D eigenvalue weighted by Gasteiger charge is 2.37. The molecule has 4 rings (SSSR count). The maximum Gasteiger partial charge on any atom is 0.338 e. The Balaban J connectivity index is 1.49. The number of hydrogen-bond donors (Lipinski definition) is 1. The first-order valence-electron chi connectivity index (χ1n) is 11.9. The Morgan fingerprint density at radius 1 is 1.14 bits per heavy atom.